The number of rotatable bonds is 11. The van der Waals surface area contributed by atoms with Crippen LogP contribution in [0, 0.1) is 0 Å². The lowest BCUT2D eigenvalue weighted by atomic mass is 9.94. The van der Waals surface area contributed by atoms with Crippen LogP contribution in [-0.2, 0) is 13.0 Å². The third-order valence-corrected chi connectivity index (χ3v) is 5.98. The molecule has 0 radical (unpaired) electrons. The fourth-order valence-corrected chi connectivity index (χ4v) is 3.95. The van der Waals surface area contributed by atoms with E-state index in [2.05, 4.69) is 48.5 Å². The van der Waals surface area contributed by atoms with Crippen LogP contribution in [0.5, 0.6) is 5.75 Å². The number of hydrogen-bond donors (Lipinski definition) is 3. The van der Waals surface area contributed by atoms with Gasteiger partial charge in [0.05, 0.1) is 18.8 Å². The number of hydrogen-bond acceptors (Lipinski definition) is 5. The van der Waals surface area contributed by atoms with Crippen molar-refractivity contribution in [2.24, 2.45) is 5.73 Å². The van der Waals surface area contributed by atoms with Gasteiger partial charge in [-0.3, -0.25) is 0 Å². The van der Waals surface area contributed by atoms with Crippen LogP contribution in [0.4, 0.5) is 0 Å². The summed E-state index contributed by atoms with van der Waals surface area (Å²) in [5, 5.41) is 18.5. The average Bonchev–Trinajstić information content (AvgIpc) is 2.80. The molecule has 0 spiro atoms. The lowest BCUT2D eigenvalue weighted by molar-refractivity contribution is 0.113. The Bertz CT molecular complexity index is 896. The highest BCUT2D eigenvalue weighted by molar-refractivity contribution is 7.99. The van der Waals surface area contributed by atoms with Gasteiger partial charge in [-0.05, 0) is 60.7 Å². The number of aryl methyl sites for hydroxylation is 1. The highest BCUT2D eigenvalue weighted by Crippen LogP contribution is 2.30. The van der Waals surface area contributed by atoms with Crippen molar-refractivity contribution in [2.45, 2.75) is 41.2 Å². The molecular formula is C25H29NO3S. The number of ether oxygens (including phenoxy) is 1. The molecule has 5 heteroatoms. The molecule has 3 aromatic carbocycles. The number of nitrogens with two attached hydrogens (primary N) is 1. The summed E-state index contributed by atoms with van der Waals surface area (Å²) in [6.07, 6.45) is 2.28. The monoisotopic (exact) mass is 423 g/mol. The van der Waals surface area contributed by atoms with E-state index in [1.165, 1.54) is 5.56 Å². The molecule has 0 heterocycles. The zero-order valence-electron chi connectivity index (χ0n) is 17.0. The maximum atomic E-state index is 9.27. The molecule has 0 bridgehead atoms. The quantitative estimate of drug-likeness (QED) is 0.426. The van der Waals surface area contributed by atoms with Gasteiger partial charge in [0.15, 0.2) is 0 Å². The maximum Gasteiger partial charge on any atom is 0.120 e. The Balaban J connectivity index is 1.51. The van der Waals surface area contributed by atoms with Gasteiger partial charge in [0.1, 0.15) is 12.4 Å². The molecule has 0 unspecified atom stereocenters. The highest BCUT2D eigenvalue weighted by Gasteiger charge is 2.22. The normalized spacial score (nSPS) is 11.4. The summed E-state index contributed by atoms with van der Waals surface area (Å²) >= 11 is 1.70. The second-order valence-corrected chi connectivity index (χ2v) is 8.67. The van der Waals surface area contributed by atoms with E-state index in [1.807, 2.05) is 30.3 Å². The maximum absolute atomic E-state index is 9.27. The summed E-state index contributed by atoms with van der Waals surface area (Å²) in [5.41, 5.74) is 7.41. The van der Waals surface area contributed by atoms with Crippen LogP contribution in [0.1, 0.15) is 24.0 Å². The van der Waals surface area contributed by atoms with Gasteiger partial charge in [-0.15, -0.1) is 0 Å². The average molecular weight is 424 g/mol. The number of aliphatic hydroxyl groups is 2. The highest BCUT2D eigenvalue weighted by atomic mass is 32.2. The van der Waals surface area contributed by atoms with Crippen molar-refractivity contribution in [2.75, 3.05) is 13.2 Å². The van der Waals surface area contributed by atoms with Crippen LogP contribution in [0.25, 0.3) is 0 Å². The van der Waals surface area contributed by atoms with Gasteiger partial charge in [-0.25, -0.2) is 0 Å². The van der Waals surface area contributed by atoms with Crippen LogP contribution in [0.2, 0.25) is 0 Å². The van der Waals surface area contributed by atoms with Crippen LogP contribution in [0.15, 0.2) is 88.7 Å². The van der Waals surface area contributed by atoms with Crippen molar-refractivity contribution in [1.82, 2.24) is 0 Å². The Labute approximate surface area is 182 Å². The molecular weight excluding hydrogens is 394 g/mol. The van der Waals surface area contributed by atoms with Crippen molar-refractivity contribution < 1.29 is 14.9 Å². The van der Waals surface area contributed by atoms with E-state index in [0.717, 1.165) is 33.9 Å². The lowest BCUT2D eigenvalue weighted by Gasteiger charge is -2.24. The largest absolute Gasteiger partial charge is 0.489 e. The molecule has 0 saturated heterocycles. The zero-order chi connectivity index (χ0) is 21.2. The molecule has 0 amide bonds. The summed E-state index contributed by atoms with van der Waals surface area (Å²) in [4.78, 5) is 2.30. The standard InChI is InChI=1S/C25H29NO3S/c26-25(18-27,19-28)15-5-8-20-11-13-23(14-12-20)30-24-10-4-9-22(16-24)29-17-21-6-2-1-3-7-21/h1-4,6-7,9-14,16,27-28H,5,8,15,17-19,26H2. The van der Waals surface area contributed by atoms with E-state index >= 15 is 0 Å². The minimum Gasteiger partial charge on any atom is -0.489 e. The van der Waals surface area contributed by atoms with Crippen molar-refractivity contribution in [3.05, 3.63) is 90.0 Å². The summed E-state index contributed by atoms with van der Waals surface area (Å²) in [5.74, 6) is 0.860. The Morgan fingerprint density at radius 2 is 1.53 bits per heavy atom. The van der Waals surface area contributed by atoms with Gasteiger partial charge in [0.25, 0.3) is 0 Å². The minimum atomic E-state index is -0.886. The second-order valence-electron chi connectivity index (χ2n) is 7.53. The molecule has 4 N–H and O–H groups in total. The summed E-state index contributed by atoms with van der Waals surface area (Å²) < 4.78 is 5.92. The van der Waals surface area contributed by atoms with E-state index in [0.29, 0.717) is 13.0 Å². The first-order valence-corrected chi connectivity index (χ1v) is 11.0. The van der Waals surface area contributed by atoms with Crippen molar-refractivity contribution in [3.63, 3.8) is 0 Å². The van der Waals surface area contributed by atoms with Gasteiger partial charge in [0.2, 0.25) is 0 Å². The molecule has 158 valence electrons. The van der Waals surface area contributed by atoms with Crippen molar-refractivity contribution in [1.29, 1.82) is 0 Å². The van der Waals surface area contributed by atoms with Gasteiger partial charge in [-0.2, -0.15) is 0 Å². The van der Waals surface area contributed by atoms with Crippen LogP contribution < -0.4 is 10.5 Å². The topological polar surface area (TPSA) is 75.7 Å². The van der Waals surface area contributed by atoms with Crippen LogP contribution in [-0.4, -0.2) is 29.0 Å². The molecule has 0 aliphatic carbocycles. The molecule has 0 atom stereocenters. The van der Waals surface area contributed by atoms with Crippen molar-refractivity contribution >= 4 is 11.8 Å². The predicted octanol–water partition coefficient (Wildman–Crippen LogP) is 4.42. The molecule has 0 aromatic heterocycles. The van der Waals surface area contributed by atoms with E-state index in [1.54, 1.807) is 11.8 Å². The van der Waals surface area contributed by atoms with Crippen LogP contribution in [0.3, 0.4) is 0 Å². The summed E-state index contributed by atoms with van der Waals surface area (Å²) in [6, 6.07) is 26.7. The SMILES string of the molecule is NC(CO)(CO)CCCc1ccc(Sc2cccc(OCc3ccccc3)c2)cc1. The van der Waals surface area contributed by atoms with E-state index in [9.17, 15) is 10.2 Å². The Hall–Kier alpha value is -2.31. The van der Waals surface area contributed by atoms with E-state index in [-0.39, 0.29) is 13.2 Å². The smallest absolute Gasteiger partial charge is 0.120 e. The van der Waals surface area contributed by atoms with Gasteiger partial charge in [-0.1, -0.05) is 60.3 Å². The molecule has 4 nitrogen and oxygen atoms in total. The Morgan fingerprint density at radius 3 is 2.23 bits per heavy atom. The predicted molar refractivity (Wildman–Crippen MR) is 122 cm³/mol. The summed E-state index contributed by atoms with van der Waals surface area (Å²) in [6.45, 7) is 0.153. The molecule has 3 rings (SSSR count). The minimum absolute atomic E-state index is 0.201. The molecule has 0 saturated carbocycles. The molecule has 30 heavy (non-hydrogen) atoms. The molecule has 0 fully saturated rings. The third kappa shape index (κ3) is 6.89. The second kappa shape index (κ2) is 11.2. The molecule has 0 aliphatic rings. The Morgan fingerprint density at radius 1 is 0.800 bits per heavy atom. The van der Waals surface area contributed by atoms with Crippen molar-refractivity contribution in [3.8, 4) is 5.75 Å². The zero-order valence-corrected chi connectivity index (χ0v) is 17.9. The van der Waals surface area contributed by atoms with Gasteiger partial charge >= 0.3 is 0 Å². The van der Waals surface area contributed by atoms with E-state index < -0.39 is 5.54 Å². The van der Waals surface area contributed by atoms with Crippen LogP contribution >= 0.6 is 11.8 Å². The molecule has 3 aromatic rings. The van der Waals surface area contributed by atoms with Gasteiger partial charge in [0, 0.05) is 9.79 Å². The fraction of sp³-hybridized carbons (Fsp3) is 0.280. The van der Waals surface area contributed by atoms with Gasteiger partial charge < -0.3 is 20.7 Å². The Kier molecular flexibility index (Phi) is 8.34. The third-order valence-electron chi connectivity index (χ3n) is 4.98. The fourth-order valence-electron chi connectivity index (χ4n) is 3.08. The number of benzene rings is 3. The molecule has 0 aliphatic heterocycles. The first kappa shape index (κ1) is 22.4. The van der Waals surface area contributed by atoms with E-state index in [4.69, 9.17) is 10.5 Å². The number of aliphatic hydroxyl groups excluding tert-OH is 2. The summed E-state index contributed by atoms with van der Waals surface area (Å²) in [7, 11) is 0. The first-order valence-electron chi connectivity index (χ1n) is 10.1. The lowest BCUT2D eigenvalue weighted by Crippen LogP contribution is -2.47. The first-order chi connectivity index (χ1) is 14.6.